The number of aromatic nitrogens is 3. The molecular weight excluding hydrogens is 330 g/mol. The highest BCUT2D eigenvalue weighted by molar-refractivity contribution is 5.76. The summed E-state index contributed by atoms with van der Waals surface area (Å²) in [5, 5.41) is 8.09. The van der Waals surface area contributed by atoms with Crippen LogP contribution in [0.2, 0.25) is 0 Å². The predicted octanol–water partition coefficient (Wildman–Crippen LogP) is 2.03. The van der Waals surface area contributed by atoms with Crippen LogP contribution in [0.15, 0.2) is 24.4 Å². The second-order valence-corrected chi connectivity index (χ2v) is 6.48. The molecule has 2 aliphatic rings. The predicted molar refractivity (Wildman–Crippen MR) is 83.6 cm³/mol. The van der Waals surface area contributed by atoms with Crippen LogP contribution in [0.3, 0.4) is 0 Å². The lowest BCUT2D eigenvalue weighted by molar-refractivity contribution is -0.140. The normalized spacial score (nSPS) is 20.7. The molecule has 1 saturated heterocycles. The Labute approximate surface area is 143 Å². The van der Waals surface area contributed by atoms with Crippen molar-refractivity contribution in [3.8, 4) is 0 Å². The Morgan fingerprint density at radius 3 is 2.92 bits per heavy atom. The Bertz CT molecular complexity index is 791. The van der Waals surface area contributed by atoms with Crippen molar-refractivity contribution in [1.82, 2.24) is 19.9 Å². The van der Waals surface area contributed by atoms with Crippen LogP contribution in [0.4, 0.5) is 8.78 Å². The highest BCUT2D eigenvalue weighted by Gasteiger charge is 2.29. The molecule has 2 fully saturated rings. The van der Waals surface area contributed by atoms with Gasteiger partial charge in [0.1, 0.15) is 24.3 Å². The Hall–Kier alpha value is -2.35. The van der Waals surface area contributed by atoms with Crippen molar-refractivity contribution in [3.63, 3.8) is 0 Å². The second-order valence-electron chi connectivity index (χ2n) is 6.48. The molecule has 0 radical (unpaired) electrons. The van der Waals surface area contributed by atoms with Gasteiger partial charge in [-0.25, -0.2) is 13.5 Å². The molecule has 6 nitrogen and oxygen atoms in total. The quantitative estimate of drug-likeness (QED) is 0.848. The van der Waals surface area contributed by atoms with E-state index in [1.54, 1.807) is 9.58 Å². The zero-order valence-corrected chi connectivity index (χ0v) is 13.6. The fourth-order valence-corrected chi connectivity index (χ4v) is 3.02. The Balaban J connectivity index is 1.41. The molecule has 2 heterocycles. The van der Waals surface area contributed by atoms with E-state index in [-0.39, 0.29) is 24.6 Å². The second kappa shape index (κ2) is 6.51. The van der Waals surface area contributed by atoms with Gasteiger partial charge in [0.2, 0.25) is 5.91 Å². The molecule has 1 atom stereocenters. The van der Waals surface area contributed by atoms with Crippen molar-refractivity contribution in [2.24, 2.45) is 0 Å². The van der Waals surface area contributed by atoms with Gasteiger partial charge in [0.05, 0.1) is 18.8 Å². The minimum absolute atomic E-state index is 0.0956. The molecule has 1 saturated carbocycles. The third kappa shape index (κ3) is 3.53. The third-order valence-electron chi connectivity index (χ3n) is 4.58. The van der Waals surface area contributed by atoms with E-state index in [4.69, 9.17) is 4.74 Å². The monoisotopic (exact) mass is 348 g/mol. The van der Waals surface area contributed by atoms with Gasteiger partial charge in [0.25, 0.3) is 0 Å². The number of morpholine rings is 1. The molecule has 1 aromatic carbocycles. The molecule has 1 amide bonds. The molecule has 1 unspecified atom stereocenters. The average molecular weight is 348 g/mol. The highest BCUT2D eigenvalue weighted by atomic mass is 19.1. The van der Waals surface area contributed by atoms with Crippen molar-refractivity contribution in [1.29, 1.82) is 0 Å². The summed E-state index contributed by atoms with van der Waals surface area (Å²) in [6.45, 7) is 1.06. The number of rotatable bonds is 4. The van der Waals surface area contributed by atoms with Crippen LogP contribution < -0.4 is 0 Å². The summed E-state index contributed by atoms with van der Waals surface area (Å²) in [6.07, 6.45) is 3.46. The molecule has 2 aromatic rings. The smallest absolute Gasteiger partial charge is 0.244 e. The number of carbonyl (C=O) groups excluding carboxylic acids is 1. The molecule has 0 N–H and O–H groups in total. The van der Waals surface area contributed by atoms with E-state index in [2.05, 4.69) is 10.3 Å². The molecular formula is C17H18F2N4O2. The number of hydrogen-bond acceptors (Lipinski definition) is 4. The maximum Gasteiger partial charge on any atom is 0.244 e. The minimum atomic E-state index is -0.662. The van der Waals surface area contributed by atoms with Crippen LogP contribution in [0.1, 0.15) is 36.1 Å². The Morgan fingerprint density at radius 1 is 1.32 bits per heavy atom. The van der Waals surface area contributed by atoms with Crippen molar-refractivity contribution in [2.45, 2.75) is 31.4 Å². The standard InChI is InChI=1S/C17H18F2N4O2/c18-12-3-4-13(14(19)7-12)16-9-22(5-6-25-16)17(24)10-23-8-15(20-21-23)11-1-2-11/h3-4,7-8,11,16H,1-2,5-6,9-10H2. The van der Waals surface area contributed by atoms with Gasteiger partial charge < -0.3 is 9.64 Å². The molecule has 25 heavy (non-hydrogen) atoms. The topological polar surface area (TPSA) is 60.2 Å². The zero-order chi connectivity index (χ0) is 17.4. The molecule has 1 aromatic heterocycles. The lowest BCUT2D eigenvalue weighted by Gasteiger charge is -2.33. The number of nitrogens with zero attached hydrogens (tertiary/aromatic N) is 4. The van der Waals surface area contributed by atoms with Crippen molar-refractivity contribution in [3.05, 3.63) is 47.3 Å². The molecule has 1 aliphatic heterocycles. The van der Waals surface area contributed by atoms with E-state index in [1.165, 1.54) is 12.1 Å². The van der Waals surface area contributed by atoms with Gasteiger partial charge in [-0.1, -0.05) is 11.3 Å². The maximum absolute atomic E-state index is 13.9. The summed E-state index contributed by atoms with van der Waals surface area (Å²) in [7, 11) is 0. The van der Waals surface area contributed by atoms with Crippen LogP contribution in [0.25, 0.3) is 0 Å². The first kappa shape index (κ1) is 16.1. The van der Waals surface area contributed by atoms with Crippen LogP contribution in [-0.2, 0) is 16.1 Å². The number of hydrogen-bond donors (Lipinski definition) is 0. The van der Waals surface area contributed by atoms with Gasteiger partial charge in [-0.2, -0.15) is 0 Å². The Kier molecular flexibility index (Phi) is 4.20. The van der Waals surface area contributed by atoms with E-state index < -0.39 is 17.7 Å². The van der Waals surface area contributed by atoms with Gasteiger partial charge in [-0.05, 0) is 18.9 Å². The van der Waals surface area contributed by atoms with E-state index in [9.17, 15) is 13.6 Å². The first-order valence-electron chi connectivity index (χ1n) is 8.34. The zero-order valence-electron chi connectivity index (χ0n) is 13.6. The van der Waals surface area contributed by atoms with Gasteiger partial charge in [0, 0.05) is 30.3 Å². The van der Waals surface area contributed by atoms with E-state index in [0.29, 0.717) is 19.1 Å². The van der Waals surface area contributed by atoms with Crippen LogP contribution in [0, 0.1) is 11.6 Å². The third-order valence-corrected chi connectivity index (χ3v) is 4.58. The summed E-state index contributed by atoms with van der Waals surface area (Å²) in [5.74, 6) is -0.937. The van der Waals surface area contributed by atoms with Gasteiger partial charge >= 0.3 is 0 Å². The van der Waals surface area contributed by atoms with Gasteiger partial charge in [-0.3, -0.25) is 4.79 Å². The number of ether oxygens (including phenoxy) is 1. The Morgan fingerprint density at radius 2 is 2.16 bits per heavy atom. The van der Waals surface area contributed by atoms with Crippen LogP contribution >= 0.6 is 0 Å². The first-order chi connectivity index (χ1) is 12.1. The van der Waals surface area contributed by atoms with Crippen molar-refractivity contribution in [2.75, 3.05) is 19.7 Å². The van der Waals surface area contributed by atoms with Gasteiger partial charge in [-0.15, -0.1) is 5.10 Å². The van der Waals surface area contributed by atoms with E-state index in [1.807, 2.05) is 6.20 Å². The fourth-order valence-electron chi connectivity index (χ4n) is 3.02. The first-order valence-corrected chi connectivity index (χ1v) is 8.34. The minimum Gasteiger partial charge on any atom is -0.370 e. The molecule has 0 bridgehead atoms. The van der Waals surface area contributed by atoms with Crippen LogP contribution in [0.5, 0.6) is 0 Å². The molecule has 132 valence electrons. The number of amides is 1. The van der Waals surface area contributed by atoms with Gasteiger partial charge in [0.15, 0.2) is 0 Å². The van der Waals surface area contributed by atoms with Crippen molar-refractivity contribution >= 4 is 5.91 Å². The van der Waals surface area contributed by atoms with Crippen molar-refractivity contribution < 1.29 is 18.3 Å². The SMILES string of the molecule is O=C(Cn1cc(C2CC2)nn1)N1CCOC(c2ccc(F)cc2F)C1. The number of halogens is 2. The molecule has 4 rings (SSSR count). The summed E-state index contributed by atoms with van der Waals surface area (Å²) in [6, 6.07) is 3.38. The lowest BCUT2D eigenvalue weighted by Crippen LogP contribution is -2.43. The maximum atomic E-state index is 13.9. The summed E-state index contributed by atoms with van der Waals surface area (Å²) < 4.78 is 34.1. The fraction of sp³-hybridized carbons (Fsp3) is 0.471. The number of carbonyl (C=O) groups is 1. The largest absolute Gasteiger partial charge is 0.370 e. The molecule has 8 heteroatoms. The summed E-state index contributed by atoms with van der Waals surface area (Å²) >= 11 is 0. The summed E-state index contributed by atoms with van der Waals surface area (Å²) in [4.78, 5) is 14.1. The molecule has 1 aliphatic carbocycles. The van der Waals surface area contributed by atoms with E-state index >= 15 is 0 Å². The summed E-state index contributed by atoms with van der Waals surface area (Å²) in [5.41, 5.74) is 1.19. The van der Waals surface area contributed by atoms with Crippen LogP contribution in [-0.4, -0.2) is 45.5 Å². The lowest BCUT2D eigenvalue weighted by atomic mass is 10.1. The van der Waals surface area contributed by atoms with E-state index in [0.717, 1.165) is 24.6 Å². The highest BCUT2D eigenvalue weighted by Crippen LogP contribution is 2.38. The number of benzene rings is 1. The average Bonchev–Trinajstić information content (AvgIpc) is 3.35. The molecule has 0 spiro atoms.